The summed E-state index contributed by atoms with van der Waals surface area (Å²) in [7, 11) is 1.48. The molecule has 0 spiro atoms. The number of nitro groups is 1. The van der Waals surface area contributed by atoms with Crippen LogP contribution in [0.5, 0.6) is 5.75 Å². The maximum absolute atomic E-state index is 10.7. The van der Waals surface area contributed by atoms with E-state index in [-0.39, 0.29) is 11.6 Å². The third kappa shape index (κ3) is 2.77. The van der Waals surface area contributed by atoms with E-state index in [0.717, 1.165) is 5.56 Å². The highest BCUT2D eigenvalue weighted by molar-refractivity contribution is 6.32. The molecule has 2 aromatic rings. The van der Waals surface area contributed by atoms with Crippen LogP contribution in [0.4, 0.5) is 5.82 Å². The average Bonchev–Trinajstić information content (AvgIpc) is 2.80. The van der Waals surface area contributed by atoms with Crippen LogP contribution < -0.4 is 4.74 Å². The molecule has 0 N–H and O–H groups in total. The van der Waals surface area contributed by atoms with Crippen LogP contribution >= 0.6 is 11.6 Å². The molecule has 1 aromatic carbocycles. The van der Waals surface area contributed by atoms with Crippen molar-refractivity contribution in [2.45, 2.75) is 6.54 Å². The van der Waals surface area contributed by atoms with Gasteiger partial charge in [-0.2, -0.15) is 4.68 Å². The Kier molecular flexibility index (Phi) is 3.99. The molecule has 104 valence electrons. The van der Waals surface area contributed by atoms with Gasteiger partial charge in [-0.3, -0.25) is 4.79 Å². The van der Waals surface area contributed by atoms with Gasteiger partial charge in [0.05, 0.1) is 25.0 Å². The lowest BCUT2D eigenvalue weighted by Gasteiger charge is -2.07. The summed E-state index contributed by atoms with van der Waals surface area (Å²) in [6.07, 6.45) is 2.08. The molecule has 0 saturated carbocycles. The van der Waals surface area contributed by atoms with E-state index in [1.165, 1.54) is 18.0 Å². The minimum Gasteiger partial charge on any atom is -0.496 e. The first-order valence-corrected chi connectivity index (χ1v) is 5.92. The van der Waals surface area contributed by atoms with Crippen molar-refractivity contribution < 1.29 is 14.5 Å². The molecule has 0 radical (unpaired) electrons. The summed E-state index contributed by atoms with van der Waals surface area (Å²) < 4.78 is 6.52. The summed E-state index contributed by atoms with van der Waals surface area (Å²) in [6, 6.07) is 4.91. The number of aromatic nitrogens is 2. The van der Waals surface area contributed by atoms with E-state index in [0.29, 0.717) is 17.6 Å². The van der Waals surface area contributed by atoms with Gasteiger partial charge in [-0.1, -0.05) is 23.7 Å². The van der Waals surface area contributed by atoms with Crippen molar-refractivity contribution in [3.8, 4) is 5.75 Å². The SMILES string of the molecule is COc1cc(C=O)ccc1Cn1cc(Cl)c([N+](=O)[O-])n1. The number of hydrogen-bond donors (Lipinski definition) is 0. The zero-order valence-electron chi connectivity index (χ0n) is 10.4. The van der Waals surface area contributed by atoms with Crippen molar-refractivity contribution in [1.29, 1.82) is 0 Å². The van der Waals surface area contributed by atoms with Gasteiger partial charge in [-0.15, -0.1) is 0 Å². The summed E-state index contributed by atoms with van der Waals surface area (Å²) in [6.45, 7) is 0.246. The van der Waals surface area contributed by atoms with Gasteiger partial charge in [0.25, 0.3) is 0 Å². The molecule has 0 aliphatic rings. The first-order chi connectivity index (χ1) is 9.55. The van der Waals surface area contributed by atoms with Crippen molar-refractivity contribution in [2.75, 3.05) is 7.11 Å². The maximum Gasteiger partial charge on any atom is 0.408 e. The van der Waals surface area contributed by atoms with Crippen LogP contribution in [0.15, 0.2) is 24.4 Å². The number of aldehydes is 1. The second-order valence-electron chi connectivity index (χ2n) is 3.94. The minimum absolute atomic E-state index is 0.0292. The summed E-state index contributed by atoms with van der Waals surface area (Å²) in [5.41, 5.74) is 1.21. The Labute approximate surface area is 118 Å². The van der Waals surface area contributed by atoms with Gasteiger partial charge in [0.15, 0.2) is 5.02 Å². The van der Waals surface area contributed by atoms with Crippen molar-refractivity contribution in [1.82, 2.24) is 9.78 Å². The normalized spacial score (nSPS) is 10.3. The first-order valence-electron chi connectivity index (χ1n) is 5.54. The number of nitrogens with zero attached hydrogens (tertiary/aromatic N) is 3. The van der Waals surface area contributed by atoms with Gasteiger partial charge in [0, 0.05) is 11.1 Å². The van der Waals surface area contributed by atoms with Crippen LogP contribution in [0, 0.1) is 10.1 Å². The van der Waals surface area contributed by atoms with E-state index in [9.17, 15) is 14.9 Å². The van der Waals surface area contributed by atoms with E-state index in [2.05, 4.69) is 5.10 Å². The summed E-state index contributed by atoms with van der Waals surface area (Å²) in [4.78, 5) is 20.7. The predicted octanol–water partition coefficient (Wildman–Crippen LogP) is 2.31. The van der Waals surface area contributed by atoms with Crippen molar-refractivity contribution in [2.24, 2.45) is 0 Å². The fraction of sp³-hybridized carbons (Fsp3) is 0.167. The number of halogens is 1. The smallest absolute Gasteiger partial charge is 0.408 e. The van der Waals surface area contributed by atoms with E-state index in [1.54, 1.807) is 18.2 Å². The summed E-state index contributed by atoms with van der Waals surface area (Å²) in [5.74, 6) is 0.110. The number of rotatable bonds is 5. The van der Waals surface area contributed by atoms with Crippen LogP contribution in [-0.2, 0) is 6.54 Å². The molecule has 0 saturated heterocycles. The fourth-order valence-corrected chi connectivity index (χ4v) is 1.95. The molecule has 0 aliphatic carbocycles. The lowest BCUT2D eigenvalue weighted by Crippen LogP contribution is -2.03. The largest absolute Gasteiger partial charge is 0.496 e. The molecule has 1 aromatic heterocycles. The monoisotopic (exact) mass is 295 g/mol. The summed E-state index contributed by atoms with van der Waals surface area (Å²) in [5, 5.41) is 14.4. The Hall–Kier alpha value is -2.41. The van der Waals surface area contributed by atoms with Crippen LogP contribution in [0.3, 0.4) is 0 Å². The molecule has 0 amide bonds. The standard InChI is InChI=1S/C12H10ClN3O4/c1-20-11-4-8(7-17)2-3-9(11)5-15-6-10(13)12(14-15)16(18)19/h2-4,6-7H,5H2,1H3. The van der Waals surface area contributed by atoms with Gasteiger partial charge in [-0.05, 0) is 11.0 Å². The lowest BCUT2D eigenvalue weighted by molar-refractivity contribution is -0.389. The van der Waals surface area contributed by atoms with Gasteiger partial charge in [-0.25, -0.2) is 0 Å². The number of benzene rings is 1. The number of ether oxygens (including phenoxy) is 1. The van der Waals surface area contributed by atoms with Crippen molar-refractivity contribution >= 4 is 23.7 Å². The Balaban J connectivity index is 2.32. The number of carbonyl (C=O) groups excluding carboxylic acids is 1. The van der Waals surface area contributed by atoms with Crippen LogP contribution in [-0.4, -0.2) is 28.1 Å². The second kappa shape index (κ2) is 5.70. The summed E-state index contributed by atoms with van der Waals surface area (Å²) >= 11 is 5.72. The Bertz CT molecular complexity index is 669. The molecule has 7 nitrogen and oxygen atoms in total. The molecule has 2 rings (SSSR count). The highest BCUT2D eigenvalue weighted by atomic mass is 35.5. The van der Waals surface area contributed by atoms with E-state index < -0.39 is 10.7 Å². The topological polar surface area (TPSA) is 87.3 Å². The van der Waals surface area contributed by atoms with Crippen LogP contribution in [0.2, 0.25) is 5.02 Å². The highest BCUT2D eigenvalue weighted by Gasteiger charge is 2.19. The number of carbonyl (C=O) groups is 1. The molecule has 20 heavy (non-hydrogen) atoms. The van der Waals surface area contributed by atoms with Crippen LogP contribution in [0.25, 0.3) is 0 Å². The highest BCUT2D eigenvalue weighted by Crippen LogP contribution is 2.24. The molecule has 0 atom stereocenters. The fourth-order valence-electron chi connectivity index (χ4n) is 1.73. The number of hydrogen-bond acceptors (Lipinski definition) is 5. The zero-order valence-corrected chi connectivity index (χ0v) is 11.2. The van der Waals surface area contributed by atoms with Gasteiger partial charge in [0.1, 0.15) is 12.0 Å². The Morgan fingerprint density at radius 2 is 2.30 bits per heavy atom. The second-order valence-corrected chi connectivity index (χ2v) is 4.35. The van der Waals surface area contributed by atoms with E-state index in [4.69, 9.17) is 16.3 Å². The molecule has 0 aliphatic heterocycles. The molecule has 8 heteroatoms. The minimum atomic E-state index is -0.647. The molecule has 0 fully saturated rings. The van der Waals surface area contributed by atoms with Crippen molar-refractivity contribution in [3.63, 3.8) is 0 Å². The van der Waals surface area contributed by atoms with E-state index in [1.807, 2.05) is 0 Å². The zero-order chi connectivity index (χ0) is 14.7. The molecular formula is C12H10ClN3O4. The Morgan fingerprint density at radius 3 is 2.85 bits per heavy atom. The van der Waals surface area contributed by atoms with Crippen molar-refractivity contribution in [3.05, 3.63) is 50.7 Å². The Morgan fingerprint density at radius 1 is 1.55 bits per heavy atom. The quantitative estimate of drug-likeness (QED) is 0.480. The third-order valence-electron chi connectivity index (χ3n) is 2.65. The first kappa shape index (κ1) is 14.0. The molecule has 1 heterocycles. The molecular weight excluding hydrogens is 286 g/mol. The lowest BCUT2D eigenvalue weighted by atomic mass is 10.1. The van der Waals surface area contributed by atoms with Gasteiger partial charge < -0.3 is 14.9 Å². The average molecular weight is 296 g/mol. The third-order valence-corrected chi connectivity index (χ3v) is 2.92. The predicted molar refractivity (Wildman–Crippen MR) is 71.4 cm³/mol. The van der Waals surface area contributed by atoms with E-state index >= 15 is 0 Å². The molecule has 0 bridgehead atoms. The van der Waals surface area contributed by atoms with Gasteiger partial charge >= 0.3 is 5.82 Å². The van der Waals surface area contributed by atoms with Gasteiger partial charge in [0.2, 0.25) is 0 Å². The molecule has 0 unspecified atom stereocenters. The maximum atomic E-state index is 10.7. The number of methoxy groups -OCH3 is 1. The van der Waals surface area contributed by atoms with Crippen LogP contribution in [0.1, 0.15) is 15.9 Å².